The molecule has 1 saturated carbocycles. The lowest BCUT2D eigenvalue weighted by atomic mass is 9.75. The number of hydrogen-bond acceptors (Lipinski definition) is 4. The first kappa shape index (κ1) is 18.3. The molecular weight excluding hydrogens is 330 g/mol. The van der Waals surface area contributed by atoms with Crippen molar-refractivity contribution in [2.45, 2.75) is 51.8 Å². The van der Waals surface area contributed by atoms with Crippen LogP contribution in [0.4, 0.5) is 0 Å². The smallest absolute Gasteiger partial charge is 0.267 e. The Morgan fingerprint density at radius 1 is 1.31 bits per heavy atom. The van der Waals surface area contributed by atoms with E-state index in [1.165, 1.54) is 10.7 Å². The van der Waals surface area contributed by atoms with Gasteiger partial charge >= 0.3 is 0 Å². The van der Waals surface area contributed by atoms with Crippen LogP contribution in [0.25, 0.3) is 0 Å². The van der Waals surface area contributed by atoms with Gasteiger partial charge in [-0.05, 0) is 50.2 Å². The first-order chi connectivity index (χ1) is 12.4. The van der Waals surface area contributed by atoms with Crippen LogP contribution in [0.3, 0.4) is 0 Å². The first-order valence-electron chi connectivity index (χ1n) is 8.99. The summed E-state index contributed by atoms with van der Waals surface area (Å²) in [7, 11) is 0. The fraction of sp³-hybridized carbons (Fsp3) is 0.450. The predicted molar refractivity (Wildman–Crippen MR) is 98.8 cm³/mol. The van der Waals surface area contributed by atoms with Gasteiger partial charge in [0.2, 0.25) is 5.91 Å². The summed E-state index contributed by atoms with van der Waals surface area (Å²) in [5.41, 5.74) is 2.42. The maximum absolute atomic E-state index is 12.5. The summed E-state index contributed by atoms with van der Waals surface area (Å²) in [5.74, 6) is 0.0174. The number of carbonyl (C=O) groups excluding carboxylic acids is 1. The van der Waals surface area contributed by atoms with Crippen LogP contribution in [-0.2, 0) is 17.8 Å². The SMILES string of the molecule is Cc1cc(=O)n(CC(=O)NC(Cc2ccccc2)C2CC(O)C2)nc1C. The molecule has 26 heavy (non-hydrogen) atoms. The zero-order chi connectivity index (χ0) is 18.7. The predicted octanol–water partition coefficient (Wildman–Crippen LogP) is 1.36. The zero-order valence-electron chi connectivity index (χ0n) is 15.2. The molecular formula is C20H25N3O3. The second-order valence-electron chi connectivity index (χ2n) is 7.16. The number of aromatic nitrogens is 2. The standard InChI is InChI=1S/C20H25N3O3/c1-13-8-20(26)23(22-14(13)2)12-19(25)21-18(16-10-17(24)11-16)9-15-6-4-3-5-7-15/h3-8,16-18,24H,9-12H2,1-2H3,(H,21,25). The van der Waals surface area contributed by atoms with Crippen LogP contribution in [0.5, 0.6) is 0 Å². The lowest BCUT2D eigenvalue weighted by molar-refractivity contribution is -0.123. The van der Waals surface area contributed by atoms with Crippen LogP contribution < -0.4 is 10.9 Å². The molecule has 0 bridgehead atoms. The molecule has 0 radical (unpaired) electrons. The maximum atomic E-state index is 12.5. The van der Waals surface area contributed by atoms with Crippen molar-refractivity contribution in [2.75, 3.05) is 0 Å². The van der Waals surface area contributed by atoms with Crippen LogP contribution in [0.15, 0.2) is 41.2 Å². The molecule has 1 amide bonds. The number of aryl methyl sites for hydroxylation is 2. The summed E-state index contributed by atoms with van der Waals surface area (Å²) < 4.78 is 1.20. The molecule has 1 heterocycles. The van der Waals surface area contributed by atoms with Gasteiger partial charge < -0.3 is 10.4 Å². The summed E-state index contributed by atoms with van der Waals surface area (Å²) in [6.07, 6.45) is 1.82. The molecule has 6 heteroatoms. The van der Waals surface area contributed by atoms with E-state index >= 15 is 0 Å². The second-order valence-corrected chi connectivity index (χ2v) is 7.16. The highest BCUT2D eigenvalue weighted by Crippen LogP contribution is 2.31. The van der Waals surface area contributed by atoms with Crippen LogP contribution in [0, 0.1) is 19.8 Å². The molecule has 2 N–H and O–H groups in total. The Balaban J connectivity index is 1.69. The van der Waals surface area contributed by atoms with E-state index in [0.717, 1.165) is 16.8 Å². The van der Waals surface area contributed by atoms with Crippen molar-refractivity contribution in [3.63, 3.8) is 0 Å². The quantitative estimate of drug-likeness (QED) is 0.819. The molecule has 138 valence electrons. The van der Waals surface area contributed by atoms with E-state index in [0.29, 0.717) is 19.3 Å². The van der Waals surface area contributed by atoms with Crippen molar-refractivity contribution in [1.82, 2.24) is 15.1 Å². The Morgan fingerprint density at radius 3 is 2.65 bits per heavy atom. The van der Waals surface area contributed by atoms with Gasteiger partial charge in [-0.15, -0.1) is 0 Å². The molecule has 1 fully saturated rings. The van der Waals surface area contributed by atoms with Crippen molar-refractivity contribution in [3.05, 3.63) is 63.6 Å². The molecule has 6 nitrogen and oxygen atoms in total. The van der Waals surface area contributed by atoms with Gasteiger partial charge in [0.25, 0.3) is 5.56 Å². The summed E-state index contributed by atoms with van der Waals surface area (Å²) in [6, 6.07) is 11.4. The number of benzene rings is 1. The van der Waals surface area contributed by atoms with E-state index in [1.807, 2.05) is 44.2 Å². The summed E-state index contributed by atoms with van der Waals surface area (Å²) >= 11 is 0. The Hall–Kier alpha value is -2.47. The lowest BCUT2D eigenvalue weighted by Gasteiger charge is -2.38. The summed E-state index contributed by atoms with van der Waals surface area (Å²) in [4.78, 5) is 24.6. The van der Waals surface area contributed by atoms with Gasteiger partial charge in [0.15, 0.2) is 0 Å². The van der Waals surface area contributed by atoms with Gasteiger partial charge in [0.05, 0.1) is 11.8 Å². The van der Waals surface area contributed by atoms with E-state index in [1.54, 1.807) is 0 Å². The normalized spacial score (nSPS) is 20.3. The molecule has 2 aromatic rings. The summed E-state index contributed by atoms with van der Waals surface area (Å²) in [6.45, 7) is 3.55. The molecule has 1 aliphatic rings. The van der Waals surface area contributed by atoms with E-state index < -0.39 is 0 Å². The van der Waals surface area contributed by atoms with Gasteiger partial charge in [0.1, 0.15) is 6.54 Å². The molecule has 1 atom stereocenters. The molecule has 1 aliphatic carbocycles. The minimum absolute atomic E-state index is 0.0597. The number of amides is 1. The monoisotopic (exact) mass is 355 g/mol. The first-order valence-corrected chi connectivity index (χ1v) is 8.99. The molecule has 0 aliphatic heterocycles. The number of aliphatic hydroxyl groups excluding tert-OH is 1. The van der Waals surface area contributed by atoms with Crippen LogP contribution in [0.2, 0.25) is 0 Å². The number of rotatable bonds is 6. The molecule has 1 aromatic carbocycles. The number of hydrogen-bond donors (Lipinski definition) is 2. The third-order valence-electron chi connectivity index (χ3n) is 5.09. The van der Waals surface area contributed by atoms with Gasteiger partial charge in [-0.1, -0.05) is 30.3 Å². The van der Waals surface area contributed by atoms with E-state index in [-0.39, 0.29) is 36.1 Å². The number of nitrogens with zero attached hydrogens (tertiary/aromatic N) is 2. The Labute approximate surface area is 152 Å². The van der Waals surface area contributed by atoms with E-state index in [2.05, 4.69) is 10.4 Å². The maximum Gasteiger partial charge on any atom is 0.267 e. The van der Waals surface area contributed by atoms with Gasteiger partial charge in [-0.25, -0.2) is 4.68 Å². The van der Waals surface area contributed by atoms with Gasteiger partial charge in [0, 0.05) is 12.1 Å². The van der Waals surface area contributed by atoms with Gasteiger partial charge in [-0.2, -0.15) is 5.10 Å². The van der Waals surface area contributed by atoms with Crippen molar-refractivity contribution in [3.8, 4) is 0 Å². The van der Waals surface area contributed by atoms with E-state index in [9.17, 15) is 14.7 Å². The highest BCUT2D eigenvalue weighted by Gasteiger charge is 2.34. The minimum atomic E-state index is -0.279. The fourth-order valence-electron chi connectivity index (χ4n) is 3.34. The largest absolute Gasteiger partial charge is 0.393 e. The molecule has 0 spiro atoms. The van der Waals surface area contributed by atoms with Crippen molar-refractivity contribution >= 4 is 5.91 Å². The van der Waals surface area contributed by atoms with Crippen LogP contribution >= 0.6 is 0 Å². The minimum Gasteiger partial charge on any atom is -0.393 e. The van der Waals surface area contributed by atoms with E-state index in [4.69, 9.17) is 0 Å². The summed E-state index contributed by atoms with van der Waals surface area (Å²) in [5, 5.41) is 16.9. The Morgan fingerprint density at radius 2 is 2.00 bits per heavy atom. The van der Waals surface area contributed by atoms with Crippen LogP contribution in [0.1, 0.15) is 29.7 Å². The third-order valence-corrected chi connectivity index (χ3v) is 5.09. The molecule has 3 rings (SSSR count). The Kier molecular flexibility index (Phi) is 5.52. The average molecular weight is 355 g/mol. The van der Waals surface area contributed by atoms with Crippen molar-refractivity contribution in [1.29, 1.82) is 0 Å². The number of carbonyl (C=O) groups is 1. The number of aliphatic hydroxyl groups is 1. The topological polar surface area (TPSA) is 84.2 Å². The Bertz CT molecular complexity index is 826. The molecule has 1 unspecified atom stereocenters. The fourth-order valence-corrected chi connectivity index (χ4v) is 3.34. The second kappa shape index (κ2) is 7.83. The van der Waals surface area contributed by atoms with Crippen LogP contribution in [-0.4, -0.2) is 32.9 Å². The molecule has 1 aromatic heterocycles. The van der Waals surface area contributed by atoms with Crippen molar-refractivity contribution in [2.24, 2.45) is 5.92 Å². The molecule has 0 saturated heterocycles. The highest BCUT2D eigenvalue weighted by atomic mass is 16.3. The van der Waals surface area contributed by atoms with Crippen molar-refractivity contribution < 1.29 is 9.90 Å². The van der Waals surface area contributed by atoms with Gasteiger partial charge in [-0.3, -0.25) is 9.59 Å². The lowest BCUT2D eigenvalue weighted by Crippen LogP contribution is -2.49. The highest BCUT2D eigenvalue weighted by molar-refractivity contribution is 5.76. The average Bonchev–Trinajstić information content (AvgIpc) is 2.57. The zero-order valence-corrected chi connectivity index (χ0v) is 15.2. The third kappa shape index (κ3) is 4.38. The number of nitrogens with one attached hydrogen (secondary N) is 1.